The highest BCUT2D eigenvalue weighted by molar-refractivity contribution is 5.74. The molecule has 1 atom stereocenters. The van der Waals surface area contributed by atoms with Crippen molar-refractivity contribution < 1.29 is 9.90 Å². The molecule has 0 aromatic carbocycles. The molecule has 0 heterocycles. The molecule has 2 nitrogen and oxygen atoms in total. The van der Waals surface area contributed by atoms with Crippen molar-refractivity contribution in [3.05, 3.63) is 48.1 Å². The van der Waals surface area contributed by atoms with Gasteiger partial charge in [-0.15, -0.1) is 0 Å². The molecule has 0 radical (unpaired) electrons. The van der Waals surface area contributed by atoms with E-state index in [1.54, 1.807) is 12.2 Å². The van der Waals surface area contributed by atoms with Crippen LogP contribution in [0.25, 0.3) is 0 Å². The highest BCUT2D eigenvalue weighted by Crippen LogP contribution is 2.30. The zero-order valence-electron chi connectivity index (χ0n) is 8.99. The summed E-state index contributed by atoms with van der Waals surface area (Å²) >= 11 is 0. The molecule has 0 saturated heterocycles. The van der Waals surface area contributed by atoms with E-state index in [2.05, 4.69) is 13.2 Å². The van der Waals surface area contributed by atoms with Crippen molar-refractivity contribution in [2.45, 2.75) is 19.8 Å². The predicted octanol–water partition coefficient (Wildman–Crippen LogP) is 3.10. The highest BCUT2D eigenvalue weighted by Gasteiger charge is 2.21. The Hall–Kier alpha value is -1.57. The number of allylic oxidation sites excluding steroid dienone is 5. The number of rotatable bonds is 4. The molecule has 0 aliphatic heterocycles. The molecule has 1 rings (SSSR count). The first kappa shape index (κ1) is 11.5. The monoisotopic (exact) mass is 204 g/mol. The van der Waals surface area contributed by atoms with Gasteiger partial charge in [0.05, 0.1) is 5.92 Å². The Bertz CT molecular complexity index is 359. The fourth-order valence-corrected chi connectivity index (χ4v) is 1.65. The van der Waals surface area contributed by atoms with Crippen LogP contribution >= 0.6 is 0 Å². The van der Waals surface area contributed by atoms with Gasteiger partial charge in [0.1, 0.15) is 0 Å². The molecule has 0 fully saturated rings. The van der Waals surface area contributed by atoms with Crippen LogP contribution in [0.1, 0.15) is 19.8 Å². The number of carboxylic acids is 1. The third-order valence-electron chi connectivity index (χ3n) is 2.67. The average molecular weight is 204 g/mol. The molecule has 2 heteroatoms. The lowest BCUT2D eigenvalue weighted by atomic mass is 9.85. The fourth-order valence-electron chi connectivity index (χ4n) is 1.65. The lowest BCUT2D eigenvalue weighted by molar-refractivity contribution is -0.140. The molecule has 0 saturated carbocycles. The first-order chi connectivity index (χ1) is 7.10. The minimum atomic E-state index is -0.782. The van der Waals surface area contributed by atoms with Crippen molar-refractivity contribution in [3.63, 3.8) is 0 Å². The molecule has 0 aromatic rings. The normalized spacial score (nSPS) is 20.2. The molecule has 1 unspecified atom stereocenters. The second-order valence-corrected chi connectivity index (χ2v) is 3.60. The molecule has 1 aliphatic rings. The first-order valence-electron chi connectivity index (χ1n) is 5.04. The number of carbonyl (C=O) groups is 1. The summed E-state index contributed by atoms with van der Waals surface area (Å²) in [5.41, 5.74) is 3.03. The average Bonchev–Trinajstić information content (AvgIpc) is 2.27. The third kappa shape index (κ3) is 2.46. The van der Waals surface area contributed by atoms with E-state index < -0.39 is 11.9 Å². The van der Waals surface area contributed by atoms with Gasteiger partial charge in [0.15, 0.2) is 0 Å². The Kier molecular flexibility index (Phi) is 3.67. The fraction of sp³-hybridized carbons (Fsp3) is 0.308. The summed E-state index contributed by atoms with van der Waals surface area (Å²) < 4.78 is 0. The molecule has 80 valence electrons. The number of hydrogen-bond donors (Lipinski definition) is 1. The predicted molar refractivity (Wildman–Crippen MR) is 61.5 cm³/mol. The van der Waals surface area contributed by atoms with E-state index in [0.29, 0.717) is 6.42 Å². The smallest absolute Gasteiger partial charge is 0.310 e. The zero-order chi connectivity index (χ0) is 11.4. The van der Waals surface area contributed by atoms with Crippen LogP contribution < -0.4 is 0 Å². The van der Waals surface area contributed by atoms with Crippen LogP contribution in [0.2, 0.25) is 0 Å². The van der Waals surface area contributed by atoms with Crippen molar-refractivity contribution in [1.82, 2.24) is 0 Å². The van der Waals surface area contributed by atoms with Crippen LogP contribution in [0, 0.1) is 5.92 Å². The maximum Gasteiger partial charge on any atom is 0.310 e. The Morgan fingerprint density at radius 1 is 1.73 bits per heavy atom. The second kappa shape index (κ2) is 4.78. The van der Waals surface area contributed by atoms with Gasteiger partial charge in [0.2, 0.25) is 0 Å². The molecule has 15 heavy (non-hydrogen) atoms. The molecule has 1 aliphatic carbocycles. The Morgan fingerprint density at radius 3 is 2.87 bits per heavy atom. The number of aliphatic carboxylic acids is 1. The lowest BCUT2D eigenvalue weighted by Gasteiger charge is -2.19. The van der Waals surface area contributed by atoms with Gasteiger partial charge in [0, 0.05) is 0 Å². The van der Waals surface area contributed by atoms with E-state index in [0.717, 1.165) is 23.1 Å². The summed E-state index contributed by atoms with van der Waals surface area (Å²) in [6, 6.07) is 0. The molecule has 0 amide bonds. The van der Waals surface area contributed by atoms with E-state index in [1.165, 1.54) is 0 Å². The van der Waals surface area contributed by atoms with Crippen molar-refractivity contribution in [3.8, 4) is 0 Å². The second-order valence-electron chi connectivity index (χ2n) is 3.60. The van der Waals surface area contributed by atoms with Crippen LogP contribution in [0.15, 0.2) is 48.1 Å². The maximum absolute atomic E-state index is 10.9. The van der Waals surface area contributed by atoms with Gasteiger partial charge < -0.3 is 5.11 Å². The van der Waals surface area contributed by atoms with E-state index in [4.69, 9.17) is 5.11 Å². The molecular weight excluding hydrogens is 188 g/mol. The van der Waals surface area contributed by atoms with E-state index in [9.17, 15) is 4.79 Å². The van der Waals surface area contributed by atoms with E-state index >= 15 is 0 Å². The number of hydrogen-bond acceptors (Lipinski definition) is 1. The Labute approximate surface area is 90.3 Å². The van der Waals surface area contributed by atoms with Gasteiger partial charge in [-0.25, -0.2) is 0 Å². The largest absolute Gasteiger partial charge is 0.481 e. The van der Waals surface area contributed by atoms with Gasteiger partial charge in [-0.05, 0) is 24.0 Å². The summed E-state index contributed by atoms with van der Waals surface area (Å²) in [6.07, 6.45) is 6.66. The van der Waals surface area contributed by atoms with Gasteiger partial charge in [-0.1, -0.05) is 43.9 Å². The minimum Gasteiger partial charge on any atom is -0.481 e. The van der Waals surface area contributed by atoms with E-state index in [-0.39, 0.29) is 0 Å². The van der Waals surface area contributed by atoms with Crippen molar-refractivity contribution in [1.29, 1.82) is 0 Å². The number of carboxylic acid groups (broad SMARTS) is 1. The molecule has 0 bridgehead atoms. The van der Waals surface area contributed by atoms with Gasteiger partial charge >= 0.3 is 5.97 Å². The zero-order valence-corrected chi connectivity index (χ0v) is 8.99. The molecule has 0 spiro atoms. The van der Waals surface area contributed by atoms with Crippen molar-refractivity contribution in [2.24, 2.45) is 5.92 Å². The van der Waals surface area contributed by atoms with Crippen molar-refractivity contribution >= 4 is 5.97 Å². The highest BCUT2D eigenvalue weighted by atomic mass is 16.4. The third-order valence-corrected chi connectivity index (χ3v) is 2.67. The van der Waals surface area contributed by atoms with Crippen LogP contribution in [0.3, 0.4) is 0 Å². The van der Waals surface area contributed by atoms with Gasteiger partial charge in [-0.3, -0.25) is 4.79 Å². The Morgan fingerprint density at radius 2 is 2.40 bits per heavy atom. The summed E-state index contributed by atoms with van der Waals surface area (Å²) in [5, 5.41) is 8.94. The van der Waals surface area contributed by atoms with Gasteiger partial charge in [0.25, 0.3) is 0 Å². The Balaban J connectivity index is 3.00. The maximum atomic E-state index is 10.9. The molecule has 1 N–H and O–H groups in total. The lowest BCUT2D eigenvalue weighted by Crippen LogP contribution is -2.15. The van der Waals surface area contributed by atoms with Crippen LogP contribution in [-0.2, 0) is 4.79 Å². The van der Waals surface area contributed by atoms with Crippen LogP contribution in [-0.4, -0.2) is 11.1 Å². The van der Waals surface area contributed by atoms with Crippen molar-refractivity contribution in [2.75, 3.05) is 0 Å². The summed E-state index contributed by atoms with van der Waals surface area (Å²) in [7, 11) is 0. The quantitative estimate of drug-likeness (QED) is 0.764. The summed E-state index contributed by atoms with van der Waals surface area (Å²) in [4.78, 5) is 10.9. The van der Waals surface area contributed by atoms with Crippen LogP contribution in [0.5, 0.6) is 0 Å². The van der Waals surface area contributed by atoms with E-state index in [1.807, 2.05) is 13.0 Å². The molecular formula is C13H16O2. The SMILES string of the molecule is C=CC1=C(C(=C)CC)CC(C(=O)O)C=C1. The first-order valence-corrected chi connectivity index (χ1v) is 5.04. The summed E-state index contributed by atoms with van der Waals surface area (Å²) in [5.74, 6) is -1.21. The summed E-state index contributed by atoms with van der Waals surface area (Å²) in [6.45, 7) is 9.70. The molecule has 0 aromatic heterocycles. The minimum absolute atomic E-state index is 0.424. The van der Waals surface area contributed by atoms with Crippen LogP contribution in [0.4, 0.5) is 0 Å². The standard InChI is InChI=1S/C13H16O2/c1-4-9(3)12-8-11(13(14)15)7-6-10(12)5-2/h5-7,11H,2-4,8H2,1H3,(H,14,15). The van der Waals surface area contributed by atoms with Gasteiger partial charge in [-0.2, -0.15) is 0 Å². The topological polar surface area (TPSA) is 37.3 Å².